The van der Waals surface area contributed by atoms with Gasteiger partial charge in [-0.05, 0) is 61.9 Å². The molecule has 0 atom stereocenters. The van der Waals surface area contributed by atoms with Gasteiger partial charge in [-0.3, -0.25) is 4.79 Å². The fraction of sp³-hybridized carbons (Fsp3) is 0.222. The Balaban J connectivity index is 1.97. The highest BCUT2D eigenvalue weighted by Crippen LogP contribution is 2.21. The van der Waals surface area contributed by atoms with E-state index in [4.69, 9.17) is 21.1 Å². The van der Waals surface area contributed by atoms with Gasteiger partial charge in [-0.25, -0.2) is 4.79 Å². The van der Waals surface area contributed by atoms with Crippen molar-refractivity contribution in [1.82, 2.24) is 0 Å². The SMILES string of the molecule is CCOC(=O)COc1ccc(C(=O)Nc2ccc(Cl)cc2C)cc1. The third kappa shape index (κ3) is 4.99. The molecule has 0 aliphatic rings. The Morgan fingerprint density at radius 3 is 2.46 bits per heavy atom. The molecule has 0 aromatic heterocycles. The molecule has 0 radical (unpaired) electrons. The molecule has 1 N–H and O–H groups in total. The third-order valence-corrected chi connectivity index (χ3v) is 3.45. The Hall–Kier alpha value is -2.53. The zero-order chi connectivity index (χ0) is 17.5. The summed E-state index contributed by atoms with van der Waals surface area (Å²) in [6.07, 6.45) is 0. The Kier molecular flexibility index (Phi) is 6.21. The van der Waals surface area contributed by atoms with E-state index < -0.39 is 5.97 Å². The molecule has 0 aliphatic carbocycles. The molecule has 2 aromatic carbocycles. The lowest BCUT2D eigenvalue weighted by atomic mass is 10.1. The van der Waals surface area contributed by atoms with Crippen molar-refractivity contribution in [1.29, 1.82) is 0 Å². The molecular weight excluding hydrogens is 330 g/mol. The molecule has 0 spiro atoms. The zero-order valence-electron chi connectivity index (χ0n) is 13.5. The van der Waals surface area contributed by atoms with Crippen molar-refractivity contribution >= 4 is 29.2 Å². The van der Waals surface area contributed by atoms with Gasteiger partial charge >= 0.3 is 5.97 Å². The van der Waals surface area contributed by atoms with Crippen molar-refractivity contribution in [3.05, 3.63) is 58.6 Å². The Labute approximate surface area is 145 Å². The second kappa shape index (κ2) is 8.36. The number of benzene rings is 2. The van der Waals surface area contributed by atoms with Crippen LogP contribution in [0.2, 0.25) is 5.02 Å². The molecule has 0 saturated carbocycles. The Morgan fingerprint density at radius 1 is 1.12 bits per heavy atom. The normalized spacial score (nSPS) is 10.1. The van der Waals surface area contributed by atoms with E-state index in [-0.39, 0.29) is 12.5 Å². The summed E-state index contributed by atoms with van der Waals surface area (Å²) in [6, 6.07) is 11.8. The maximum Gasteiger partial charge on any atom is 0.344 e. The molecule has 0 fully saturated rings. The first kappa shape index (κ1) is 17.8. The highest BCUT2D eigenvalue weighted by molar-refractivity contribution is 6.30. The molecule has 0 heterocycles. The number of aryl methyl sites for hydroxylation is 1. The number of rotatable bonds is 6. The molecule has 1 amide bonds. The predicted molar refractivity (Wildman–Crippen MR) is 92.7 cm³/mol. The Morgan fingerprint density at radius 2 is 1.83 bits per heavy atom. The number of carbonyl (C=O) groups is 2. The minimum Gasteiger partial charge on any atom is -0.482 e. The van der Waals surface area contributed by atoms with Gasteiger partial charge in [0.25, 0.3) is 5.91 Å². The van der Waals surface area contributed by atoms with Gasteiger partial charge in [0.2, 0.25) is 0 Å². The predicted octanol–water partition coefficient (Wildman–Crippen LogP) is 3.84. The second-order valence-corrected chi connectivity index (χ2v) is 5.47. The largest absolute Gasteiger partial charge is 0.482 e. The van der Waals surface area contributed by atoms with Gasteiger partial charge in [-0.2, -0.15) is 0 Å². The van der Waals surface area contributed by atoms with E-state index in [1.54, 1.807) is 49.4 Å². The number of halogens is 1. The number of ether oxygens (including phenoxy) is 2. The number of nitrogens with one attached hydrogen (secondary N) is 1. The summed E-state index contributed by atoms with van der Waals surface area (Å²) in [6.45, 7) is 3.75. The molecule has 24 heavy (non-hydrogen) atoms. The van der Waals surface area contributed by atoms with Gasteiger partial charge in [-0.1, -0.05) is 11.6 Å². The van der Waals surface area contributed by atoms with Gasteiger partial charge in [0.05, 0.1) is 6.61 Å². The Bertz CT molecular complexity index is 728. The number of hydrogen-bond acceptors (Lipinski definition) is 4. The molecule has 0 unspecified atom stereocenters. The second-order valence-electron chi connectivity index (χ2n) is 5.03. The van der Waals surface area contributed by atoms with E-state index in [1.807, 2.05) is 6.92 Å². The molecule has 2 rings (SSSR count). The highest BCUT2D eigenvalue weighted by atomic mass is 35.5. The lowest BCUT2D eigenvalue weighted by molar-refractivity contribution is -0.145. The van der Waals surface area contributed by atoms with E-state index in [0.717, 1.165) is 5.56 Å². The maximum absolute atomic E-state index is 12.3. The van der Waals surface area contributed by atoms with Crippen LogP contribution < -0.4 is 10.1 Å². The van der Waals surface area contributed by atoms with Crippen LogP contribution in [0.1, 0.15) is 22.8 Å². The monoisotopic (exact) mass is 347 g/mol. The molecule has 2 aromatic rings. The van der Waals surface area contributed by atoms with Gasteiger partial charge in [-0.15, -0.1) is 0 Å². The smallest absolute Gasteiger partial charge is 0.344 e. The molecule has 5 nitrogen and oxygen atoms in total. The van der Waals surface area contributed by atoms with E-state index in [9.17, 15) is 9.59 Å². The average Bonchev–Trinajstić information content (AvgIpc) is 2.56. The van der Waals surface area contributed by atoms with Crippen LogP contribution in [0.25, 0.3) is 0 Å². The first-order chi connectivity index (χ1) is 11.5. The summed E-state index contributed by atoms with van der Waals surface area (Å²) in [5.41, 5.74) is 2.06. The fourth-order valence-corrected chi connectivity index (χ4v) is 2.24. The van der Waals surface area contributed by atoms with Crippen molar-refractivity contribution in [3.8, 4) is 5.75 Å². The molecule has 0 saturated heterocycles. The van der Waals surface area contributed by atoms with Crippen LogP contribution in [0, 0.1) is 6.92 Å². The van der Waals surface area contributed by atoms with Crippen LogP contribution in [-0.4, -0.2) is 25.1 Å². The lowest BCUT2D eigenvalue weighted by Gasteiger charge is -2.10. The number of anilines is 1. The van der Waals surface area contributed by atoms with Gasteiger partial charge < -0.3 is 14.8 Å². The van der Waals surface area contributed by atoms with Crippen molar-refractivity contribution in [3.63, 3.8) is 0 Å². The van der Waals surface area contributed by atoms with Crippen molar-refractivity contribution in [2.75, 3.05) is 18.5 Å². The summed E-state index contributed by atoms with van der Waals surface area (Å²) in [5.74, 6) is -0.183. The van der Waals surface area contributed by atoms with Gasteiger partial charge in [0, 0.05) is 16.3 Å². The minimum atomic E-state index is -0.433. The fourth-order valence-electron chi connectivity index (χ4n) is 2.01. The summed E-state index contributed by atoms with van der Waals surface area (Å²) < 4.78 is 10.1. The first-order valence-corrected chi connectivity index (χ1v) is 7.83. The standard InChI is InChI=1S/C18H18ClNO4/c1-3-23-17(21)11-24-15-7-4-13(5-8-15)18(22)20-16-9-6-14(19)10-12(16)2/h4-10H,3,11H2,1-2H3,(H,20,22). The van der Waals surface area contributed by atoms with Crippen LogP contribution in [-0.2, 0) is 9.53 Å². The van der Waals surface area contributed by atoms with Crippen molar-refractivity contribution < 1.29 is 19.1 Å². The van der Waals surface area contributed by atoms with E-state index in [1.165, 1.54) is 0 Å². The zero-order valence-corrected chi connectivity index (χ0v) is 14.2. The molecule has 126 valence electrons. The molecular formula is C18H18ClNO4. The summed E-state index contributed by atoms with van der Waals surface area (Å²) in [7, 11) is 0. The maximum atomic E-state index is 12.3. The van der Waals surface area contributed by atoms with Crippen molar-refractivity contribution in [2.45, 2.75) is 13.8 Å². The van der Waals surface area contributed by atoms with E-state index in [2.05, 4.69) is 5.32 Å². The molecule has 6 heteroatoms. The van der Waals surface area contributed by atoms with Crippen LogP contribution in [0.4, 0.5) is 5.69 Å². The first-order valence-electron chi connectivity index (χ1n) is 7.45. The van der Waals surface area contributed by atoms with Crippen LogP contribution in [0.15, 0.2) is 42.5 Å². The minimum absolute atomic E-state index is 0.163. The summed E-state index contributed by atoms with van der Waals surface area (Å²) in [5, 5.41) is 3.45. The molecule has 0 aliphatic heterocycles. The lowest BCUT2D eigenvalue weighted by Crippen LogP contribution is -2.15. The third-order valence-electron chi connectivity index (χ3n) is 3.22. The molecule has 0 bridgehead atoms. The quantitative estimate of drug-likeness (QED) is 0.806. The van der Waals surface area contributed by atoms with E-state index >= 15 is 0 Å². The van der Waals surface area contributed by atoms with Crippen molar-refractivity contribution in [2.24, 2.45) is 0 Å². The highest BCUT2D eigenvalue weighted by Gasteiger charge is 2.09. The number of esters is 1. The number of hydrogen-bond donors (Lipinski definition) is 1. The average molecular weight is 348 g/mol. The van der Waals surface area contributed by atoms with Crippen LogP contribution >= 0.6 is 11.6 Å². The van der Waals surface area contributed by atoms with Crippen LogP contribution in [0.3, 0.4) is 0 Å². The van der Waals surface area contributed by atoms with Crippen LogP contribution in [0.5, 0.6) is 5.75 Å². The summed E-state index contributed by atoms with van der Waals surface area (Å²) >= 11 is 5.90. The summed E-state index contributed by atoms with van der Waals surface area (Å²) in [4.78, 5) is 23.5. The topological polar surface area (TPSA) is 64.6 Å². The van der Waals surface area contributed by atoms with E-state index in [0.29, 0.717) is 28.6 Å². The number of carbonyl (C=O) groups excluding carboxylic acids is 2. The van der Waals surface area contributed by atoms with Gasteiger partial charge in [0.1, 0.15) is 5.75 Å². The number of amides is 1. The van der Waals surface area contributed by atoms with Gasteiger partial charge in [0.15, 0.2) is 6.61 Å².